The number of likely N-dealkylation sites (tertiary alicyclic amines) is 1. The molecule has 2 N–H and O–H groups in total. The zero-order chi connectivity index (χ0) is 12.6. The number of carbonyl (C=O) groups excluding carboxylic acids is 1. The van der Waals surface area contributed by atoms with Gasteiger partial charge in [-0.25, -0.2) is 4.79 Å². The summed E-state index contributed by atoms with van der Waals surface area (Å²) in [4.78, 5) is 24.2. The van der Waals surface area contributed by atoms with Crippen LogP contribution >= 0.6 is 0 Å². The Morgan fingerprint density at radius 1 is 1.53 bits per heavy atom. The monoisotopic (exact) mass is 239 g/mol. The summed E-state index contributed by atoms with van der Waals surface area (Å²) < 4.78 is 1.47. The number of aromatic nitrogens is 2. The second-order valence-corrected chi connectivity index (χ2v) is 4.10. The maximum atomic E-state index is 12.0. The van der Waals surface area contributed by atoms with Crippen molar-refractivity contribution in [2.24, 2.45) is 7.05 Å². The van der Waals surface area contributed by atoms with Crippen molar-refractivity contribution in [2.45, 2.75) is 18.6 Å². The first-order chi connectivity index (χ1) is 7.99. The third-order valence-electron chi connectivity index (χ3n) is 2.78. The van der Waals surface area contributed by atoms with Crippen LogP contribution in [0, 0.1) is 0 Å². The van der Waals surface area contributed by atoms with Crippen molar-refractivity contribution in [3.63, 3.8) is 0 Å². The van der Waals surface area contributed by atoms with Crippen LogP contribution < -0.4 is 0 Å². The van der Waals surface area contributed by atoms with Gasteiger partial charge in [0.15, 0.2) is 0 Å². The number of rotatable bonds is 2. The van der Waals surface area contributed by atoms with Crippen molar-refractivity contribution in [3.05, 3.63) is 18.0 Å². The molecule has 7 nitrogen and oxygen atoms in total. The van der Waals surface area contributed by atoms with Crippen LogP contribution in [0.25, 0.3) is 0 Å². The number of aliphatic hydroxyl groups excluding tert-OH is 1. The lowest BCUT2D eigenvalue weighted by atomic mass is 10.2. The van der Waals surface area contributed by atoms with Crippen LogP contribution in [-0.2, 0) is 11.8 Å². The molecule has 0 unspecified atom stereocenters. The molecule has 0 radical (unpaired) electrons. The van der Waals surface area contributed by atoms with E-state index in [0.717, 1.165) is 0 Å². The summed E-state index contributed by atoms with van der Waals surface area (Å²) in [6, 6.07) is -0.960. The van der Waals surface area contributed by atoms with Gasteiger partial charge in [0.2, 0.25) is 0 Å². The van der Waals surface area contributed by atoms with Crippen molar-refractivity contribution in [2.75, 3.05) is 6.54 Å². The number of nitrogens with zero attached hydrogens (tertiary/aromatic N) is 3. The van der Waals surface area contributed by atoms with E-state index in [4.69, 9.17) is 5.11 Å². The molecule has 1 aliphatic rings. The zero-order valence-corrected chi connectivity index (χ0v) is 9.28. The van der Waals surface area contributed by atoms with Gasteiger partial charge in [-0.15, -0.1) is 0 Å². The van der Waals surface area contributed by atoms with Crippen molar-refractivity contribution >= 4 is 11.9 Å². The summed E-state index contributed by atoms with van der Waals surface area (Å²) in [5.74, 6) is -1.51. The lowest BCUT2D eigenvalue weighted by molar-refractivity contribution is -0.141. The van der Waals surface area contributed by atoms with E-state index in [-0.39, 0.29) is 13.0 Å². The Hall–Kier alpha value is -1.89. The molecule has 7 heteroatoms. The molecule has 1 aromatic heterocycles. The van der Waals surface area contributed by atoms with E-state index < -0.39 is 24.0 Å². The van der Waals surface area contributed by atoms with Crippen LogP contribution in [0.5, 0.6) is 0 Å². The second kappa shape index (κ2) is 4.17. The molecule has 2 atom stereocenters. The molecular formula is C10H13N3O4. The van der Waals surface area contributed by atoms with Gasteiger partial charge < -0.3 is 15.1 Å². The molecule has 2 rings (SSSR count). The van der Waals surface area contributed by atoms with E-state index in [9.17, 15) is 14.7 Å². The number of hydrogen-bond acceptors (Lipinski definition) is 4. The Kier molecular flexibility index (Phi) is 2.84. The van der Waals surface area contributed by atoms with Gasteiger partial charge in [0.1, 0.15) is 6.04 Å². The van der Waals surface area contributed by atoms with Crippen molar-refractivity contribution in [3.8, 4) is 0 Å². The van der Waals surface area contributed by atoms with Crippen LogP contribution in [0.1, 0.15) is 16.8 Å². The molecule has 0 aliphatic carbocycles. The van der Waals surface area contributed by atoms with Crippen LogP contribution in [0.2, 0.25) is 0 Å². The van der Waals surface area contributed by atoms with Crippen molar-refractivity contribution < 1.29 is 19.8 Å². The average molecular weight is 239 g/mol. The molecular weight excluding hydrogens is 226 g/mol. The molecule has 0 bridgehead atoms. The first-order valence-electron chi connectivity index (χ1n) is 5.19. The predicted octanol–water partition coefficient (Wildman–Crippen LogP) is -0.920. The molecule has 2 heterocycles. The Labute approximate surface area is 97.3 Å². The van der Waals surface area contributed by atoms with Gasteiger partial charge in [-0.05, 0) is 0 Å². The molecule has 0 aromatic carbocycles. The molecule has 1 amide bonds. The average Bonchev–Trinajstić information content (AvgIpc) is 2.83. The Morgan fingerprint density at radius 3 is 2.76 bits per heavy atom. The number of β-amino-alcohol motifs (C(OH)–C–C–N with tert-alkyl or cyclic N) is 1. The fraction of sp³-hybridized carbons (Fsp3) is 0.500. The van der Waals surface area contributed by atoms with E-state index in [0.29, 0.717) is 5.56 Å². The van der Waals surface area contributed by atoms with Crippen LogP contribution in [0.15, 0.2) is 12.4 Å². The van der Waals surface area contributed by atoms with E-state index in [1.807, 2.05) is 0 Å². The first kappa shape index (κ1) is 11.6. The van der Waals surface area contributed by atoms with Gasteiger partial charge in [-0.2, -0.15) is 5.10 Å². The van der Waals surface area contributed by atoms with Gasteiger partial charge in [-0.1, -0.05) is 0 Å². The molecule has 0 saturated carbocycles. The molecule has 17 heavy (non-hydrogen) atoms. The lowest BCUT2D eigenvalue weighted by Crippen LogP contribution is -2.40. The van der Waals surface area contributed by atoms with Crippen molar-refractivity contribution in [1.82, 2.24) is 14.7 Å². The van der Waals surface area contributed by atoms with E-state index in [2.05, 4.69) is 5.10 Å². The quantitative estimate of drug-likeness (QED) is 0.696. The highest BCUT2D eigenvalue weighted by Gasteiger charge is 2.39. The van der Waals surface area contributed by atoms with Gasteiger partial charge in [0.25, 0.3) is 5.91 Å². The smallest absolute Gasteiger partial charge is 0.326 e. The molecule has 0 spiro atoms. The minimum absolute atomic E-state index is 0.0463. The van der Waals surface area contributed by atoms with Gasteiger partial charge >= 0.3 is 5.97 Å². The minimum Gasteiger partial charge on any atom is -0.480 e. The van der Waals surface area contributed by atoms with Crippen molar-refractivity contribution in [1.29, 1.82) is 0 Å². The Bertz CT molecular complexity index is 456. The van der Waals surface area contributed by atoms with Crippen LogP contribution in [-0.4, -0.2) is 55.5 Å². The first-order valence-corrected chi connectivity index (χ1v) is 5.19. The minimum atomic E-state index is -1.10. The Morgan fingerprint density at radius 2 is 2.24 bits per heavy atom. The maximum Gasteiger partial charge on any atom is 0.326 e. The SMILES string of the molecule is Cn1cc(C(=O)N2C[C@H](O)C[C@@H]2C(=O)O)cn1. The highest BCUT2D eigenvalue weighted by atomic mass is 16.4. The number of amides is 1. The summed E-state index contributed by atoms with van der Waals surface area (Å²) in [6.07, 6.45) is 2.19. The van der Waals surface area contributed by atoms with Gasteiger partial charge in [-0.3, -0.25) is 9.48 Å². The summed E-state index contributed by atoms with van der Waals surface area (Å²) in [5, 5.41) is 22.3. The standard InChI is InChI=1S/C10H13N3O4/c1-12-4-6(3-11-12)9(15)13-5-7(14)2-8(13)10(16)17/h3-4,7-8,14H,2,5H2,1H3,(H,16,17)/t7-,8-/m1/s1. The third-order valence-corrected chi connectivity index (χ3v) is 2.78. The largest absolute Gasteiger partial charge is 0.480 e. The maximum absolute atomic E-state index is 12.0. The summed E-state index contributed by atoms with van der Waals surface area (Å²) in [5.41, 5.74) is 0.327. The molecule has 1 aromatic rings. The fourth-order valence-electron chi connectivity index (χ4n) is 1.97. The predicted molar refractivity (Wildman–Crippen MR) is 56.3 cm³/mol. The van der Waals surface area contributed by atoms with E-state index in [1.165, 1.54) is 22.0 Å². The number of aliphatic carboxylic acids is 1. The second-order valence-electron chi connectivity index (χ2n) is 4.10. The zero-order valence-electron chi connectivity index (χ0n) is 9.28. The number of aryl methyl sites for hydroxylation is 1. The highest BCUT2D eigenvalue weighted by Crippen LogP contribution is 2.20. The lowest BCUT2D eigenvalue weighted by Gasteiger charge is -2.20. The molecule has 92 valence electrons. The van der Waals surface area contributed by atoms with E-state index in [1.54, 1.807) is 7.05 Å². The number of aliphatic hydroxyl groups is 1. The highest BCUT2D eigenvalue weighted by molar-refractivity contribution is 5.96. The Balaban J connectivity index is 2.21. The molecule has 1 saturated heterocycles. The molecule has 1 aliphatic heterocycles. The number of carboxylic acid groups (broad SMARTS) is 1. The number of carbonyl (C=O) groups is 2. The number of carboxylic acids is 1. The summed E-state index contributed by atoms with van der Waals surface area (Å²) in [7, 11) is 1.67. The third kappa shape index (κ3) is 2.14. The fourth-order valence-corrected chi connectivity index (χ4v) is 1.97. The summed E-state index contributed by atoms with van der Waals surface area (Å²) >= 11 is 0. The molecule has 1 fully saturated rings. The normalized spacial score (nSPS) is 24.0. The van der Waals surface area contributed by atoms with Crippen LogP contribution in [0.4, 0.5) is 0 Å². The number of hydrogen-bond donors (Lipinski definition) is 2. The van der Waals surface area contributed by atoms with Crippen LogP contribution in [0.3, 0.4) is 0 Å². The summed E-state index contributed by atoms with van der Waals surface area (Å²) in [6.45, 7) is 0.0463. The topological polar surface area (TPSA) is 95.7 Å². The van der Waals surface area contributed by atoms with E-state index >= 15 is 0 Å². The van der Waals surface area contributed by atoms with Gasteiger partial charge in [0.05, 0.1) is 17.9 Å². The van der Waals surface area contributed by atoms with Gasteiger partial charge in [0, 0.05) is 26.2 Å².